The fourth-order valence-electron chi connectivity index (χ4n) is 1.61. The number of rotatable bonds is 2. The number of hydrogen-bond donors (Lipinski definition) is 0. The van der Waals surface area contributed by atoms with Crippen molar-refractivity contribution in [2.24, 2.45) is 0 Å². The van der Waals surface area contributed by atoms with Crippen molar-refractivity contribution in [3.63, 3.8) is 0 Å². The van der Waals surface area contributed by atoms with E-state index in [9.17, 15) is 13.2 Å². The molecule has 1 aromatic rings. The van der Waals surface area contributed by atoms with Crippen molar-refractivity contribution in [2.45, 2.75) is 4.90 Å². The minimum absolute atomic E-state index is 0.00736. The molecular weight excluding hydrogens is 256 g/mol. The van der Waals surface area contributed by atoms with E-state index in [1.165, 1.54) is 23.1 Å². The van der Waals surface area contributed by atoms with Crippen LogP contribution in [0.25, 0.3) is 0 Å². The largest absolute Gasteiger partial charge is 0.482 e. The van der Waals surface area contributed by atoms with Crippen molar-refractivity contribution in [3.05, 3.63) is 18.2 Å². The van der Waals surface area contributed by atoms with Gasteiger partial charge in [0.05, 0.1) is 16.7 Å². The van der Waals surface area contributed by atoms with Gasteiger partial charge >= 0.3 is 0 Å². The highest BCUT2D eigenvalue weighted by molar-refractivity contribution is 7.91. The lowest BCUT2D eigenvalue weighted by Gasteiger charge is -2.26. The van der Waals surface area contributed by atoms with Gasteiger partial charge in [-0.1, -0.05) is 0 Å². The van der Waals surface area contributed by atoms with Crippen LogP contribution >= 0.6 is 0 Å². The Morgan fingerprint density at radius 1 is 1.50 bits per heavy atom. The highest BCUT2D eigenvalue weighted by Gasteiger charge is 2.24. The molecule has 0 saturated heterocycles. The molecule has 0 radical (unpaired) electrons. The second kappa shape index (κ2) is 4.31. The minimum atomic E-state index is -3.64. The number of nitrogens with zero attached hydrogens (tertiary/aromatic N) is 2. The molecule has 0 N–H and O–H groups in total. The molecule has 0 spiro atoms. The molecule has 0 saturated carbocycles. The van der Waals surface area contributed by atoms with Gasteiger partial charge in [0.1, 0.15) is 11.5 Å². The third kappa shape index (κ3) is 2.02. The number of nitriles is 1. The van der Waals surface area contributed by atoms with E-state index in [0.717, 1.165) is 0 Å². The van der Waals surface area contributed by atoms with Crippen LogP contribution in [-0.4, -0.2) is 33.7 Å². The van der Waals surface area contributed by atoms with E-state index in [0.29, 0.717) is 11.4 Å². The Bertz CT molecular complexity index is 645. The Morgan fingerprint density at radius 3 is 2.89 bits per heavy atom. The number of carbonyl (C=O) groups is 1. The molecule has 0 unspecified atom stereocenters. The first kappa shape index (κ1) is 12.4. The van der Waals surface area contributed by atoms with Crippen LogP contribution in [0.1, 0.15) is 0 Å². The molecule has 2 rings (SSSR count). The summed E-state index contributed by atoms with van der Waals surface area (Å²) in [5, 5.41) is 8.48. The molecular formula is C11H10N2O4S. The molecule has 0 bridgehead atoms. The number of hydrogen-bond acceptors (Lipinski definition) is 5. The number of fused-ring (bicyclic) bond motifs is 1. The van der Waals surface area contributed by atoms with E-state index in [4.69, 9.17) is 10.00 Å². The fraction of sp³-hybridized carbons (Fsp3) is 0.273. The summed E-state index contributed by atoms with van der Waals surface area (Å²) in [4.78, 5) is 12.8. The Labute approximate surface area is 104 Å². The van der Waals surface area contributed by atoms with Crippen molar-refractivity contribution in [1.29, 1.82) is 5.26 Å². The molecule has 1 heterocycles. The van der Waals surface area contributed by atoms with Crippen molar-refractivity contribution in [2.75, 3.05) is 24.3 Å². The molecule has 7 heteroatoms. The van der Waals surface area contributed by atoms with Gasteiger partial charge < -0.3 is 9.64 Å². The second-order valence-corrected chi connectivity index (χ2v) is 5.78. The standard InChI is InChI=1S/C11H10N2O4S/c1-13-9-6-8(18(15,16)5-4-12)2-3-10(9)17-7-11(13)14/h2-3,6H,5,7H2,1H3. The molecule has 0 atom stereocenters. The van der Waals surface area contributed by atoms with E-state index in [-0.39, 0.29) is 17.4 Å². The predicted molar refractivity (Wildman–Crippen MR) is 63.0 cm³/mol. The lowest BCUT2D eigenvalue weighted by molar-refractivity contribution is -0.120. The van der Waals surface area contributed by atoms with Crippen molar-refractivity contribution in [3.8, 4) is 11.8 Å². The zero-order valence-corrected chi connectivity index (χ0v) is 10.4. The minimum Gasteiger partial charge on any atom is -0.482 e. The van der Waals surface area contributed by atoms with E-state index in [1.54, 1.807) is 13.1 Å². The van der Waals surface area contributed by atoms with Gasteiger partial charge in [0.25, 0.3) is 5.91 Å². The summed E-state index contributed by atoms with van der Waals surface area (Å²) in [6.45, 7) is -0.0617. The predicted octanol–water partition coefficient (Wildman–Crippen LogP) is 0.339. The maximum atomic E-state index is 11.7. The molecule has 0 fully saturated rings. The number of benzene rings is 1. The van der Waals surface area contributed by atoms with Gasteiger partial charge in [0, 0.05) is 7.05 Å². The summed E-state index contributed by atoms with van der Waals surface area (Å²) in [7, 11) is -2.09. The highest BCUT2D eigenvalue weighted by atomic mass is 32.2. The first-order chi connectivity index (χ1) is 8.45. The van der Waals surface area contributed by atoms with Crippen LogP contribution in [0.2, 0.25) is 0 Å². The van der Waals surface area contributed by atoms with E-state index in [2.05, 4.69) is 0 Å². The monoisotopic (exact) mass is 266 g/mol. The van der Waals surface area contributed by atoms with E-state index >= 15 is 0 Å². The summed E-state index contributed by atoms with van der Waals surface area (Å²) in [5.74, 6) is -0.394. The Morgan fingerprint density at radius 2 is 2.22 bits per heavy atom. The SMILES string of the molecule is CN1C(=O)COc2ccc(S(=O)(=O)CC#N)cc21. The van der Waals surface area contributed by atoms with Gasteiger partial charge in [-0.15, -0.1) is 0 Å². The highest BCUT2D eigenvalue weighted by Crippen LogP contribution is 2.33. The summed E-state index contributed by atoms with van der Waals surface area (Å²) in [5.41, 5.74) is 0.394. The topological polar surface area (TPSA) is 87.5 Å². The summed E-state index contributed by atoms with van der Waals surface area (Å²) in [6.07, 6.45) is 0. The Balaban J connectivity index is 2.51. The number of anilines is 1. The molecule has 18 heavy (non-hydrogen) atoms. The number of sulfone groups is 1. The van der Waals surface area contributed by atoms with Crippen LogP contribution < -0.4 is 9.64 Å². The zero-order valence-electron chi connectivity index (χ0n) is 9.58. The van der Waals surface area contributed by atoms with Crippen LogP contribution in [0.5, 0.6) is 5.75 Å². The quantitative estimate of drug-likeness (QED) is 0.770. The zero-order chi connectivity index (χ0) is 13.3. The van der Waals surface area contributed by atoms with Crippen LogP contribution in [0, 0.1) is 11.3 Å². The van der Waals surface area contributed by atoms with Gasteiger partial charge in [-0.3, -0.25) is 4.79 Å². The first-order valence-corrected chi connectivity index (χ1v) is 6.74. The van der Waals surface area contributed by atoms with Crippen molar-refractivity contribution < 1.29 is 17.9 Å². The Hall–Kier alpha value is -2.07. The van der Waals surface area contributed by atoms with Crippen LogP contribution in [-0.2, 0) is 14.6 Å². The molecule has 0 aromatic heterocycles. The summed E-state index contributed by atoms with van der Waals surface area (Å²) < 4.78 is 28.7. The van der Waals surface area contributed by atoms with Gasteiger partial charge in [0.2, 0.25) is 0 Å². The number of carbonyl (C=O) groups excluding carboxylic acids is 1. The van der Waals surface area contributed by atoms with Crippen molar-refractivity contribution in [1.82, 2.24) is 0 Å². The van der Waals surface area contributed by atoms with E-state index < -0.39 is 15.6 Å². The summed E-state index contributed by atoms with van der Waals surface area (Å²) >= 11 is 0. The molecule has 1 aromatic carbocycles. The third-order valence-corrected chi connectivity index (χ3v) is 4.11. The maximum absolute atomic E-state index is 11.7. The molecule has 94 valence electrons. The van der Waals surface area contributed by atoms with Gasteiger partial charge in [-0.05, 0) is 18.2 Å². The molecule has 0 aliphatic carbocycles. The van der Waals surface area contributed by atoms with Gasteiger partial charge in [0.15, 0.2) is 16.4 Å². The first-order valence-electron chi connectivity index (χ1n) is 5.09. The number of amides is 1. The Kier molecular flexibility index (Phi) is 2.97. The number of likely N-dealkylation sites (N-methyl/N-ethyl adjacent to an activating group) is 1. The van der Waals surface area contributed by atoms with E-state index in [1.807, 2.05) is 0 Å². The fourth-order valence-corrected chi connectivity index (χ4v) is 2.52. The third-order valence-electron chi connectivity index (χ3n) is 2.63. The van der Waals surface area contributed by atoms with Crippen LogP contribution in [0.15, 0.2) is 23.1 Å². The second-order valence-electron chi connectivity index (χ2n) is 3.79. The molecule has 6 nitrogen and oxygen atoms in total. The normalized spacial score (nSPS) is 14.7. The molecule has 1 amide bonds. The van der Waals surface area contributed by atoms with Gasteiger partial charge in [-0.25, -0.2) is 8.42 Å². The molecule has 1 aliphatic rings. The average Bonchev–Trinajstić information content (AvgIpc) is 2.33. The molecule has 1 aliphatic heterocycles. The number of ether oxygens (including phenoxy) is 1. The lowest BCUT2D eigenvalue weighted by Crippen LogP contribution is -2.35. The smallest absolute Gasteiger partial charge is 0.264 e. The maximum Gasteiger partial charge on any atom is 0.264 e. The lowest BCUT2D eigenvalue weighted by atomic mass is 10.2. The van der Waals surface area contributed by atoms with Crippen molar-refractivity contribution >= 4 is 21.4 Å². The van der Waals surface area contributed by atoms with Crippen LogP contribution in [0.4, 0.5) is 5.69 Å². The van der Waals surface area contributed by atoms with Gasteiger partial charge in [-0.2, -0.15) is 5.26 Å². The summed E-state index contributed by atoms with van der Waals surface area (Å²) in [6, 6.07) is 5.81. The van der Waals surface area contributed by atoms with Crippen LogP contribution in [0.3, 0.4) is 0 Å². The average molecular weight is 266 g/mol.